The Morgan fingerprint density at radius 1 is 1.17 bits per heavy atom. The summed E-state index contributed by atoms with van der Waals surface area (Å²) in [7, 11) is 0. The van der Waals surface area contributed by atoms with E-state index in [4.69, 9.17) is 4.74 Å². The van der Waals surface area contributed by atoms with Crippen LogP contribution in [-0.2, 0) is 11.3 Å². The Bertz CT molecular complexity index is 1180. The molecule has 0 bridgehead atoms. The van der Waals surface area contributed by atoms with Crippen LogP contribution in [-0.4, -0.2) is 44.5 Å². The smallest absolute Gasteiger partial charge is 0.274 e. The average Bonchev–Trinajstić information content (AvgIpc) is 3.32. The van der Waals surface area contributed by atoms with Crippen molar-refractivity contribution in [2.24, 2.45) is 0 Å². The van der Waals surface area contributed by atoms with Gasteiger partial charge in [-0.15, -0.1) is 0 Å². The number of thiazole rings is 1. The second kappa shape index (κ2) is 7.44. The Kier molecular flexibility index (Phi) is 4.63. The number of amides is 1. The van der Waals surface area contributed by atoms with Gasteiger partial charge in [-0.25, -0.2) is 14.4 Å². The van der Waals surface area contributed by atoms with Gasteiger partial charge in [0.25, 0.3) is 5.19 Å². The molecule has 0 spiro atoms. The Morgan fingerprint density at radius 3 is 2.86 bits per heavy atom. The molecule has 1 saturated heterocycles. The average molecular weight is 410 g/mol. The summed E-state index contributed by atoms with van der Waals surface area (Å²) in [6.07, 6.45) is 3.23. The van der Waals surface area contributed by atoms with Crippen LogP contribution in [0.2, 0.25) is 0 Å². The molecule has 1 aliphatic rings. The summed E-state index contributed by atoms with van der Waals surface area (Å²) in [5.41, 5.74) is 2.60. The highest BCUT2D eigenvalue weighted by atomic mass is 32.1. The molecule has 0 radical (unpaired) electrons. The molecule has 0 unspecified atom stereocenters. The summed E-state index contributed by atoms with van der Waals surface area (Å²) in [5.74, 6) is -0.188. The zero-order chi connectivity index (χ0) is 19.8. The van der Waals surface area contributed by atoms with Gasteiger partial charge in [0.2, 0.25) is 5.91 Å². The number of piperidine rings is 1. The van der Waals surface area contributed by atoms with Gasteiger partial charge in [-0.2, -0.15) is 0 Å². The number of likely N-dealkylation sites (tertiary alicyclic amines) is 1. The maximum absolute atomic E-state index is 13.3. The molecule has 0 aliphatic carbocycles. The number of imidazole rings is 1. The second-order valence-electron chi connectivity index (χ2n) is 7.15. The van der Waals surface area contributed by atoms with E-state index in [1.165, 1.54) is 23.5 Å². The number of para-hydroxylation sites is 2. The fourth-order valence-electron chi connectivity index (χ4n) is 3.68. The maximum atomic E-state index is 13.3. The molecule has 0 N–H and O–H groups in total. The second-order valence-corrected chi connectivity index (χ2v) is 8.14. The van der Waals surface area contributed by atoms with E-state index in [0.29, 0.717) is 18.3 Å². The molecule has 0 atom stereocenters. The predicted octanol–water partition coefficient (Wildman–Crippen LogP) is 3.86. The van der Waals surface area contributed by atoms with Crippen LogP contribution < -0.4 is 4.74 Å². The number of hydrogen-bond acceptors (Lipinski definition) is 5. The number of nitrogens with zero attached hydrogens (tertiary/aromatic N) is 4. The van der Waals surface area contributed by atoms with Gasteiger partial charge in [0.15, 0.2) is 0 Å². The number of rotatable bonds is 4. The van der Waals surface area contributed by atoms with Crippen molar-refractivity contribution >= 4 is 38.5 Å². The lowest BCUT2D eigenvalue weighted by Gasteiger charge is -2.31. The minimum Gasteiger partial charge on any atom is -0.467 e. The number of halogens is 1. The third-order valence-electron chi connectivity index (χ3n) is 5.23. The number of hydrogen-bond donors (Lipinski definition) is 0. The van der Waals surface area contributed by atoms with Crippen molar-refractivity contribution in [3.63, 3.8) is 0 Å². The van der Waals surface area contributed by atoms with Crippen molar-refractivity contribution in [2.45, 2.75) is 25.5 Å². The Morgan fingerprint density at radius 2 is 2.00 bits per heavy atom. The lowest BCUT2D eigenvalue weighted by molar-refractivity contribution is -0.133. The quantitative estimate of drug-likeness (QED) is 0.513. The predicted molar refractivity (Wildman–Crippen MR) is 110 cm³/mol. The van der Waals surface area contributed by atoms with Crippen LogP contribution >= 0.6 is 11.3 Å². The van der Waals surface area contributed by atoms with E-state index in [0.717, 1.165) is 34.1 Å². The van der Waals surface area contributed by atoms with E-state index in [1.54, 1.807) is 12.4 Å². The summed E-state index contributed by atoms with van der Waals surface area (Å²) in [6, 6.07) is 12.3. The zero-order valence-electron chi connectivity index (χ0n) is 15.6. The van der Waals surface area contributed by atoms with Gasteiger partial charge in [-0.3, -0.25) is 4.79 Å². The Labute approximate surface area is 170 Å². The number of aromatic nitrogens is 3. The zero-order valence-corrected chi connectivity index (χ0v) is 16.4. The van der Waals surface area contributed by atoms with E-state index >= 15 is 0 Å². The van der Waals surface area contributed by atoms with Gasteiger partial charge < -0.3 is 14.2 Å². The number of fused-ring (bicyclic) bond motifs is 2. The molecule has 2 aromatic heterocycles. The standard InChI is InChI=1S/C21H19FN4O2S/c22-14-5-6-17-19(11-14)29-21(24-17)28-15-7-9-25(10-8-15)20(27)12-26-13-23-16-3-1-2-4-18(16)26/h1-6,11,13,15H,7-10,12H2. The summed E-state index contributed by atoms with van der Waals surface area (Å²) < 4.78 is 22.0. The largest absolute Gasteiger partial charge is 0.467 e. The van der Waals surface area contributed by atoms with Crippen molar-refractivity contribution < 1.29 is 13.9 Å². The molecule has 1 aliphatic heterocycles. The molecule has 6 nitrogen and oxygen atoms in total. The number of carbonyl (C=O) groups excluding carboxylic acids is 1. The monoisotopic (exact) mass is 410 g/mol. The van der Waals surface area contributed by atoms with Crippen molar-refractivity contribution in [3.8, 4) is 5.19 Å². The van der Waals surface area contributed by atoms with Gasteiger partial charge in [-0.05, 0) is 30.3 Å². The summed E-state index contributed by atoms with van der Waals surface area (Å²) in [5, 5.41) is 0.556. The lowest BCUT2D eigenvalue weighted by Crippen LogP contribution is -2.43. The van der Waals surface area contributed by atoms with Crippen LogP contribution in [0.3, 0.4) is 0 Å². The Balaban J connectivity index is 1.19. The highest BCUT2D eigenvalue weighted by molar-refractivity contribution is 7.20. The van der Waals surface area contributed by atoms with Crippen molar-refractivity contribution in [3.05, 3.63) is 54.6 Å². The third-order valence-corrected chi connectivity index (χ3v) is 6.14. The van der Waals surface area contributed by atoms with Gasteiger partial charge >= 0.3 is 0 Å². The van der Waals surface area contributed by atoms with E-state index in [-0.39, 0.29) is 24.4 Å². The number of ether oxygens (including phenoxy) is 1. The van der Waals surface area contributed by atoms with Crippen molar-refractivity contribution in [2.75, 3.05) is 13.1 Å². The molecule has 5 rings (SSSR count). The van der Waals surface area contributed by atoms with Crippen LogP contribution in [0.25, 0.3) is 21.3 Å². The lowest BCUT2D eigenvalue weighted by atomic mass is 10.1. The van der Waals surface area contributed by atoms with Crippen LogP contribution in [0.1, 0.15) is 12.8 Å². The molecule has 29 heavy (non-hydrogen) atoms. The highest BCUT2D eigenvalue weighted by Crippen LogP contribution is 2.30. The van der Waals surface area contributed by atoms with Crippen LogP contribution in [0.15, 0.2) is 48.8 Å². The Hall–Kier alpha value is -3.00. The molecule has 1 fully saturated rings. The molecule has 4 aromatic rings. The number of carbonyl (C=O) groups is 1. The molecule has 148 valence electrons. The van der Waals surface area contributed by atoms with E-state index < -0.39 is 0 Å². The minimum atomic E-state index is -0.273. The van der Waals surface area contributed by atoms with Gasteiger partial charge in [0.05, 0.1) is 27.6 Å². The van der Waals surface area contributed by atoms with Gasteiger partial charge in [0, 0.05) is 25.9 Å². The third kappa shape index (κ3) is 3.67. The van der Waals surface area contributed by atoms with Crippen molar-refractivity contribution in [1.29, 1.82) is 0 Å². The first-order valence-corrected chi connectivity index (χ1v) is 10.4. The summed E-state index contributed by atoms with van der Waals surface area (Å²) >= 11 is 1.35. The fraction of sp³-hybridized carbons (Fsp3) is 0.286. The highest BCUT2D eigenvalue weighted by Gasteiger charge is 2.25. The fourth-order valence-corrected chi connectivity index (χ4v) is 4.58. The molecule has 0 saturated carbocycles. The first-order chi connectivity index (χ1) is 14.2. The summed E-state index contributed by atoms with van der Waals surface area (Å²) in [6.45, 7) is 1.58. The minimum absolute atomic E-state index is 0.0125. The molecular weight excluding hydrogens is 391 g/mol. The molecule has 8 heteroatoms. The normalized spacial score (nSPS) is 15.3. The SMILES string of the molecule is O=C(Cn1cnc2ccccc21)N1CCC(Oc2nc3ccc(F)cc3s2)CC1. The first kappa shape index (κ1) is 18.1. The van der Waals surface area contributed by atoms with E-state index in [9.17, 15) is 9.18 Å². The topological polar surface area (TPSA) is 60.2 Å². The number of benzene rings is 2. The molecule has 3 heterocycles. The summed E-state index contributed by atoms with van der Waals surface area (Å²) in [4.78, 5) is 23.4. The first-order valence-electron chi connectivity index (χ1n) is 9.56. The van der Waals surface area contributed by atoms with Crippen LogP contribution in [0.5, 0.6) is 5.19 Å². The molecule has 2 aromatic carbocycles. The van der Waals surface area contributed by atoms with Crippen LogP contribution in [0.4, 0.5) is 4.39 Å². The molecule has 1 amide bonds. The van der Waals surface area contributed by atoms with E-state index in [1.807, 2.05) is 33.7 Å². The maximum Gasteiger partial charge on any atom is 0.274 e. The van der Waals surface area contributed by atoms with Gasteiger partial charge in [-0.1, -0.05) is 23.5 Å². The molecular formula is C21H19FN4O2S. The van der Waals surface area contributed by atoms with E-state index in [2.05, 4.69) is 9.97 Å². The van der Waals surface area contributed by atoms with Crippen LogP contribution in [0, 0.1) is 5.82 Å². The van der Waals surface area contributed by atoms with Gasteiger partial charge in [0.1, 0.15) is 18.5 Å². The van der Waals surface area contributed by atoms with Crippen molar-refractivity contribution in [1.82, 2.24) is 19.4 Å².